The molecule has 6 rings (SSSR count). The summed E-state index contributed by atoms with van der Waals surface area (Å²) < 4.78 is 4.68. The topological polar surface area (TPSA) is 163 Å². The van der Waals surface area contributed by atoms with E-state index in [2.05, 4.69) is 30.7 Å². The summed E-state index contributed by atoms with van der Waals surface area (Å²) in [4.78, 5) is 77.0. The highest BCUT2D eigenvalue weighted by Gasteiger charge is 2.39. The number of likely N-dealkylation sites (tertiary alicyclic amines) is 2. The van der Waals surface area contributed by atoms with E-state index in [0.29, 0.717) is 49.5 Å². The number of aromatic nitrogens is 2. The van der Waals surface area contributed by atoms with Crippen LogP contribution in [0.1, 0.15) is 45.1 Å². The van der Waals surface area contributed by atoms with Crippen LogP contribution in [-0.4, -0.2) is 87.8 Å². The Balaban J connectivity index is 1.07. The molecule has 2 aromatic carbocycles. The molecule has 3 unspecified atom stereocenters. The predicted octanol–water partition coefficient (Wildman–Crippen LogP) is 4.78. The second kappa shape index (κ2) is 16.0. The number of carbonyl (C=O) groups excluding carboxylic acids is 5. The first-order valence-corrected chi connectivity index (χ1v) is 17.6. The zero-order chi connectivity index (χ0) is 36.8. The Bertz CT molecular complexity index is 1950. The maximum atomic E-state index is 13.3. The van der Waals surface area contributed by atoms with E-state index in [9.17, 15) is 24.0 Å². The number of hydrogen-bond acceptors (Lipinski definition) is 8. The molecule has 2 aliphatic heterocycles. The molecule has 2 saturated heterocycles. The minimum absolute atomic E-state index is 0.0636. The fraction of sp³-hybridized carbons (Fsp3) is 0.359. The van der Waals surface area contributed by atoms with Gasteiger partial charge in [0.15, 0.2) is 0 Å². The lowest BCUT2D eigenvalue weighted by molar-refractivity contribution is -0.139. The van der Waals surface area contributed by atoms with E-state index in [4.69, 9.17) is 0 Å². The lowest BCUT2D eigenvalue weighted by Gasteiger charge is -2.30. The number of carbonyl (C=O) groups is 5. The van der Waals surface area contributed by atoms with Gasteiger partial charge in [-0.25, -0.2) is 14.8 Å². The first-order chi connectivity index (χ1) is 25.1. The van der Waals surface area contributed by atoms with Gasteiger partial charge >= 0.3 is 6.09 Å². The van der Waals surface area contributed by atoms with Crippen LogP contribution in [-0.2, 0) is 30.3 Å². The molecule has 3 atom stereocenters. The van der Waals surface area contributed by atoms with Crippen molar-refractivity contribution in [1.82, 2.24) is 25.1 Å². The van der Waals surface area contributed by atoms with Crippen LogP contribution in [0.2, 0.25) is 0 Å². The van der Waals surface area contributed by atoms with Crippen LogP contribution in [0.15, 0.2) is 79.0 Å². The van der Waals surface area contributed by atoms with Crippen molar-refractivity contribution in [2.75, 3.05) is 30.8 Å². The molecular weight excluding hydrogens is 662 g/mol. The smallest absolute Gasteiger partial charge is 0.407 e. The van der Waals surface area contributed by atoms with Gasteiger partial charge < -0.3 is 30.5 Å². The standard InChI is InChI=1S/C39H43N7O6/c1-24(2)35(44-39(51)52-3)38(50)46-20-8-12-31(46)37(49)42-32-17-15-28(23-40-32)26-13-16-29-27(22-26)14-18-33(41-29)43-36(48)30-11-7-19-45(30)34(47)21-25-9-5-4-6-10-25/h4-6,9-10,13-18,22-24,30-31,35H,7-8,11-12,19-21H2,1-3H3,(H,44,51)(H,40,42,49)(H,41,43,48). The molecule has 13 nitrogen and oxygen atoms in total. The monoisotopic (exact) mass is 705 g/mol. The lowest BCUT2D eigenvalue weighted by Crippen LogP contribution is -2.54. The number of methoxy groups -OCH3 is 1. The van der Waals surface area contributed by atoms with Gasteiger partial charge in [-0.15, -0.1) is 0 Å². The highest BCUT2D eigenvalue weighted by Crippen LogP contribution is 2.27. The van der Waals surface area contributed by atoms with Crippen molar-refractivity contribution in [1.29, 1.82) is 0 Å². The first kappa shape index (κ1) is 36.0. The minimum atomic E-state index is -0.814. The summed E-state index contributed by atoms with van der Waals surface area (Å²) in [5.41, 5.74) is 3.32. The van der Waals surface area contributed by atoms with Crippen LogP contribution in [0.5, 0.6) is 0 Å². The maximum Gasteiger partial charge on any atom is 0.407 e. The van der Waals surface area contributed by atoms with Gasteiger partial charge in [0.25, 0.3) is 0 Å². The molecular formula is C39H43N7O6. The van der Waals surface area contributed by atoms with Crippen molar-refractivity contribution >= 4 is 52.3 Å². The van der Waals surface area contributed by atoms with Gasteiger partial charge in [-0.05, 0) is 79.1 Å². The molecule has 2 fully saturated rings. The summed E-state index contributed by atoms with van der Waals surface area (Å²) in [5, 5.41) is 9.20. The van der Waals surface area contributed by atoms with Crippen molar-refractivity contribution in [2.45, 2.75) is 64.1 Å². The zero-order valence-electron chi connectivity index (χ0n) is 29.5. The highest BCUT2D eigenvalue weighted by molar-refractivity contribution is 5.99. The minimum Gasteiger partial charge on any atom is -0.453 e. The third-order valence-corrected chi connectivity index (χ3v) is 9.59. The average Bonchev–Trinajstić information content (AvgIpc) is 3.85. The normalized spacial score (nSPS) is 17.5. The van der Waals surface area contributed by atoms with Crippen molar-refractivity contribution in [3.63, 3.8) is 0 Å². The van der Waals surface area contributed by atoms with E-state index in [1.165, 1.54) is 12.0 Å². The molecule has 2 aromatic heterocycles. The molecule has 3 N–H and O–H groups in total. The molecule has 5 amide bonds. The van der Waals surface area contributed by atoms with Crippen LogP contribution in [0.25, 0.3) is 22.0 Å². The quantitative estimate of drug-likeness (QED) is 0.212. The Labute approximate surface area is 302 Å². The van der Waals surface area contributed by atoms with Crippen LogP contribution < -0.4 is 16.0 Å². The summed E-state index contributed by atoms with van der Waals surface area (Å²) in [6, 6.07) is 20.4. The van der Waals surface area contributed by atoms with E-state index in [-0.39, 0.29) is 36.0 Å². The predicted molar refractivity (Wildman–Crippen MR) is 196 cm³/mol. The van der Waals surface area contributed by atoms with Crippen molar-refractivity contribution in [3.8, 4) is 11.1 Å². The summed E-state index contributed by atoms with van der Waals surface area (Å²) in [5.74, 6) is -0.410. The zero-order valence-corrected chi connectivity index (χ0v) is 29.5. The van der Waals surface area contributed by atoms with Crippen molar-refractivity contribution < 1.29 is 28.7 Å². The number of pyridine rings is 2. The number of anilines is 2. The number of nitrogens with one attached hydrogen (secondary N) is 3. The number of fused-ring (bicyclic) bond motifs is 1. The second-order valence-electron chi connectivity index (χ2n) is 13.5. The van der Waals surface area contributed by atoms with Crippen LogP contribution in [0.3, 0.4) is 0 Å². The van der Waals surface area contributed by atoms with Gasteiger partial charge in [-0.1, -0.05) is 50.2 Å². The average molecular weight is 706 g/mol. The Hall–Kier alpha value is -5.85. The molecule has 0 spiro atoms. The first-order valence-electron chi connectivity index (χ1n) is 17.6. The van der Waals surface area contributed by atoms with Gasteiger partial charge in [0.1, 0.15) is 29.8 Å². The second-order valence-corrected chi connectivity index (χ2v) is 13.5. The molecule has 4 heterocycles. The summed E-state index contributed by atoms with van der Waals surface area (Å²) in [6.07, 6.45) is 3.76. The van der Waals surface area contributed by atoms with E-state index in [1.807, 2.05) is 74.5 Å². The molecule has 13 heteroatoms. The number of hydrogen-bond donors (Lipinski definition) is 3. The van der Waals surface area contributed by atoms with Crippen LogP contribution in [0, 0.1) is 5.92 Å². The van der Waals surface area contributed by atoms with E-state index in [0.717, 1.165) is 28.5 Å². The van der Waals surface area contributed by atoms with E-state index in [1.54, 1.807) is 23.2 Å². The molecule has 0 radical (unpaired) electrons. The Kier molecular flexibility index (Phi) is 11.1. The number of ether oxygens (including phenoxy) is 1. The maximum absolute atomic E-state index is 13.3. The molecule has 0 saturated carbocycles. The fourth-order valence-electron chi connectivity index (χ4n) is 6.82. The molecule has 52 heavy (non-hydrogen) atoms. The van der Waals surface area contributed by atoms with Crippen molar-refractivity contribution in [2.24, 2.45) is 5.92 Å². The summed E-state index contributed by atoms with van der Waals surface area (Å²) in [6.45, 7) is 4.61. The number of amides is 5. The number of benzene rings is 2. The number of nitrogens with zero attached hydrogens (tertiary/aromatic N) is 4. The van der Waals surface area contributed by atoms with Gasteiger partial charge in [0.2, 0.25) is 23.6 Å². The summed E-state index contributed by atoms with van der Waals surface area (Å²) >= 11 is 0. The van der Waals surface area contributed by atoms with E-state index < -0.39 is 24.2 Å². The molecule has 270 valence electrons. The third-order valence-electron chi connectivity index (χ3n) is 9.59. The Morgan fingerprint density at radius 1 is 0.808 bits per heavy atom. The molecule has 0 aliphatic carbocycles. The lowest BCUT2D eigenvalue weighted by atomic mass is 10.0. The van der Waals surface area contributed by atoms with E-state index >= 15 is 0 Å². The highest BCUT2D eigenvalue weighted by atomic mass is 16.5. The fourth-order valence-corrected chi connectivity index (χ4v) is 6.82. The molecule has 2 aliphatic rings. The molecule has 0 bridgehead atoms. The van der Waals surface area contributed by atoms with Crippen molar-refractivity contribution in [3.05, 3.63) is 84.6 Å². The Morgan fingerprint density at radius 3 is 2.13 bits per heavy atom. The van der Waals surface area contributed by atoms with Crippen LogP contribution in [0.4, 0.5) is 16.4 Å². The number of alkyl carbamates (subject to hydrolysis) is 1. The summed E-state index contributed by atoms with van der Waals surface area (Å²) in [7, 11) is 1.24. The van der Waals surface area contributed by atoms with Crippen LogP contribution >= 0.6 is 0 Å². The molecule has 4 aromatic rings. The Morgan fingerprint density at radius 2 is 1.46 bits per heavy atom. The van der Waals surface area contributed by atoms with Gasteiger partial charge in [0, 0.05) is 30.2 Å². The third kappa shape index (κ3) is 8.20. The SMILES string of the molecule is COC(=O)NC(C(=O)N1CCCC1C(=O)Nc1ccc(-c2ccc3nc(NC(=O)C4CCCN4C(=O)Cc4ccccc4)ccc3c2)cn1)C(C)C. The van der Waals surface area contributed by atoms with Gasteiger partial charge in [0.05, 0.1) is 19.0 Å². The van der Waals surface area contributed by atoms with Gasteiger partial charge in [-0.3, -0.25) is 19.2 Å². The van der Waals surface area contributed by atoms with Gasteiger partial charge in [-0.2, -0.15) is 0 Å². The number of rotatable bonds is 10. The largest absolute Gasteiger partial charge is 0.453 e.